The van der Waals surface area contributed by atoms with Crippen molar-refractivity contribution in [3.8, 4) is 0 Å². The molecule has 186 valence electrons. The van der Waals surface area contributed by atoms with Gasteiger partial charge >= 0.3 is 5.97 Å². The van der Waals surface area contributed by atoms with Crippen LogP contribution in [0.15, 0.2) is 11.6 Å². The van der Waals surface area contributed by atoms with Gasteiger partial charge in [-0.25, -0.2) is 4.79 Å². The Kier molecular flexibility index (Phi) is 5.49. The highest BCUT2D eigenvalue weighted by Crippen LogP contribution is 2.87. The van der Waals surface area contributed by atoms with Crippen LogP contribution in [0.2, 0.25) is 0 Å². The molecule has 5 fully saturated rings. The first kappa shape index (κ1) is 23.9. The Morgan fingerprint density at radius 1 is 1.09 bits per heavy atom. The minimum absolute atomic E-state index is 0.0768. The topological polar surface area (TPSA) is 57.5 Å². The van der Waals surface area contributed by atoms with E-state index in [0.29, 0.717) is 33.7 Å². The number of allylic oxidation sites excluding steroid dienone is 1. The lowest BCUT2D eigenvalue weighted by molar-refractivity contribution is -0.137. The molecular formula is C30H48O3. The van der Waals surface area contributed by atoms with Crippen LogP contribution in [0.5, 0.6) is 0 Å². The quantitative estimate of drug-likeness (QED) is 0.434. The molecule has 3 heteroatoms. The molecule has 0 unspecified atom stereocenters. The molecule has 0 bridgehead atoms. The van der Waals surface area contributed by atoms with Crippen molar-refractivity contribution in [3.05, 3.63) is 11.6 Å². The van der Waals surface area contributed by atoms with Gasteiger partial charge in [-0.3, -0.25) is 0 Å². The van der Waals surface area contributed by atoms with E-state index in [2.05, 4.69) is 34.6 Å². The number of carboxylic acids is 1. The maximum Gasteiger partial charge on any atom is 0.330 e. The lowest BCUT2D eigenvalue weighted by atomic mass is 9.45. The molecule has 33 heavy (non-hydrogen) atoms. The number of aliphatic hydroxyl groups excluding tert-OH is 1. The number of carbonyl (C=O) groups is 1. The third-order valence-corrected chi connectivity index (χ3v) is 12.7. The van der Waals surface area contributed by atoms with E-state index in [1.807, 2.05) is 6.08 Å². The normalized spacial score (nSPS) is 51.1. The standard InChI is InChI=1S/C30H48O3/c1-18(8-7-9-19(2)26(32)33)22-16-20(3)25-21-10-11-23-27(4,5)24(31)12-13-30(23)17-29(21,30)15-14-28(22,25)6/h9,18,20-25,31H,7-8,10-17H2,1-6H3,(H,32,33)/b19-9+/t18-,20+,21+,22-,23+,24+,25+,28-,29+,30-/m1/s1. The zero-order chi connectivity index (χ0) is 24.0. The molecule has 5 saturated carbocycles. The van der Waals surface area contributed by atoms with Gasteiger partial charge < -0.3 is 10.2 Å². The molecule has 5 aliphatic carbocycles. The van der Waals surface area contributed by atoms with Crippen molar-refractivity contribution in [1.82, 2.24) is 0 Å². The number of hydrogen-bond donors (Lipinski definition) is 2. The predicted molar refractivity (Wildman–Crippen MR) is 133 cm³/mol. The third-order valence-electron chi connectivity index (χ3n) is 12.7. The molecule has 5 rings (SSSR count). The summed E-state index contributed by atoms with van der Waals surface area (Å²) in [5.41, 5.74) is 2.11. The molecule has 5 aliphatic rings. The summed E-state index contributed by atoms with van der Waals surface area (Å²) in [6.07, 6.45) is 14.4. The van der Waals surface area contributed by atoms with Gasteiger partial charge in [0.15, 0.2) is 0 Å². The molecule has 2 N–H and O–H groups in total. The first-order valence-electron chi connectivity index (χ1n) is 14.0. The van der Waals surface area contributed by atoms with E-state index >= 15 is 0 Å². The Balaban J connectivity index is 1.36. The second-order valence-corrected chi connectivity index (χ2v) is 14.2. The maximum absolute atomic E-state index is 11.2. The van der Waals surface area contributed by atoms with E-state index in [0.717, 1.165) is 42.9 Å². The molecule has 0 aromatic rings. The number of fused-ring (bicyclic) bond motifs is 2. The van der Waals surface area contributed by atoms with E-state index in [4.69, 9.17) is 0 Å². The number of rotatable bonds is 5. The predicted octanol–water partition coefficient (Wildman–Crippen LogP) is 7.09. The lowest BCUT2D eigenvalue weighted by Gasteiger charge is -2.60. The van der Waals surface area contributed by atoms with Gasteiger partial charge in [0.1, 0.15) is 0 Å². The maximum atomic E-state index is 11.2. The highest BCUT2D eigenvalue weighted by molar-refractivity contribution is 5.85. The minimum atomic E-state index is -0.783. The van der Waals surface area contributed by atoms with Crippen molar-refractivity contribution in [2.24, 2.45) is 57.2 Å². The molecule has 0 aromatic heterocycles. The fourth-order valence-electron chi connectivity index (χ4n) is 11.2. The number of aliphatic hydroxyl groups is 1. The summed E-state index contributed by atoms with van der Waals surface area (Å²) in [4.78, 5) is 11.2. The minimum Gasteiger partial charge on any atom is -0.478 e. The first-order valence-corrected chi connectivity index (χ1v) is 14.0. The summed E-state index contributed by atoms with van der Waals surface area (Å²) in [7, 11) is 0. The fourth-order valence-corrected chi connectivity index (χ4v) is 11.2. The number of aliphatic carboxylic acids is 1. The van der Waals surface area contributed by atoms with Crippen LogP contribution in [0.1, 0.15) is 106 Å². The molecule has 0 heterocycles. The van der Waals surface area contributed by atoms with E-state index in [-0.39, 0.29) is 11.5 Å². The van der Waals surface area contributed by atoms with Gasteiger partial charge in [-0.15, -0.1) is 0 Å². The van der Waals surface area contributed by atoms with Crippen LogP contribution in [-0.2, 0) is 4.79 Å². The Labute approximate surface area is 201 Å². The molecular weight excluding hydrogens is 408 g/mol. The Morgan fingerprint density at radius 2 is 1.82 bits per heavy atom. The van der Waals surface area contributed by atoms with Gasteiger partial charge in [-0.2, -0.15) is 0 Å². The zero-order valence-electron chi connectivity index (χ0n) is 22.0. The average Bonchev–Trinajstić information content (AvgIpc) is 3.34. The van der Waals surface area contributed by atoms with Crippen LogP contribution in [0.3, 0.4) is 0 Å². The second kappa shape index (κ2) is 7.58. The van der Waals surface area contributed by atoms with Crippen molar-refractivity contribution in [2.45, 2.75) is 112 Å². The van der Waals surface area contributed by atoms with Crippen molar-refractivity contribution in [2.75, 3.05) is 0 Å². The van der Waals surface area contributed by atoms with Crippen LogP contribution in [0.25, 0.3) is 0 Å². The Bertz CT molecular complexity index is 843. The summed E-state index contributed by atoms with van der Waals surface area (Å²) in [6.45, 7) is 14.1. The molecule has 0 amide bonds. The molecule has 3 nitrogen and oxygen atoms in total. The number of hydrogen-bond acceptors (Lipinski definition) is 2. The van der Waals surface area contributed by atoms with Gasteiger partial charge in [-0.1, -0.05) is 40.7 Å². The molecule has 10 atom stereocenters. The first-order chi connectivity index (χ1) is 15.4. The van der Waals surface area contributed by atoms with Gasteiger partial charge in [0.05, 0.1) is 6.10 Å². The smallest absolute Gasteiger partial charge is 0.330 e. The fraction of sp³-hybridized carbons (Fsp3) is 0.900. The van der Waals surface area contributed by atoms with E-state index in [1.165, 1.54) is 44.9 Å². The van der Waals surface area contributed by atoms with Crippen LogP contribution < -0.4 is 0 Å². The zero-order valence-corrected chi connectivity index (χ0v) is 22.0. The summed E-state index contributed by atoms with van der Waals surface area (Å²) in [6, 6.07) is 0. The van der Waals surface area contributed by atoms with Crippen molar-refractivity contribution in [1.29, 1.82) is 0 Å². The van der Waals surface area contributed by atoms with Crippen LogP contribution in [0.4, 0.5) is 0 Å². The van der Waals surface area contributed by atoms with E-state index in [9.17, 15) is 15.0 Å². The highest BCUT2D eigenvalue weighted by Gasteiger charge is 2.80. The van der Waals surface area contributed by atoms with Crippen molar-refractivity contribution in [3.63, 3.8) is 0 Å². The summed E-state index contributed by atoms with van der Waals surface area (Å²) in [5.74, 6) is 3.90. The summed E-state index contributed by atoms with van der Waals surface area (Å²) in [5, 5.41) is 20.0. The molecule has 0 radical (unpaired) electrons. The van der Waals surface area contributed by atoms with Crippen molar-refractivity contribution >= 4 is 5.97 Å². The second-order valence-electron chi connectivity index (χ2n) is 14.2. The monoisotopic (exact) mass is 456 g/mol. The summed E-state index contributed by atoms with van der Waals surface area (Å²) >= 11 is 0. The van der Waals surface area contributed by atoms with Gasteiger partial charge in [0, 0.05) is 5.57 Å². The Morgan fingerprint density at radius 3 is 2.52 bits per heavy atom. The van der Waals surface area contributed by atoms with E-state index in [1.54, 1.807) is 6.92 Å². The average molecular weight is 457 g/mol. The Hall–Kier alpha value is -0.830. The van der Waals surface area contributed by atoms with Crippen LogP contribution in [0, 0.1) is 57.2 Å². The van der Waals surface area contributed by atoms with Crippen molar-refractivity contribution < 1.29 is 15.0 Å². The van der Waals surface area contributed by atoms with Gasteiger partial charge in [-0.05, 0) is 128 Å². The van der Waals surface area contributed by atoms with Gasteiger partial charge in [0.2, 0.25) is 0 Å². The highest BCUT2D eigenvalue weighted by atomic mass is 16.4. The third kappa shape index (κ3) is 3.12. The van der Waals surface area contributed by atoms with Crippen LogP contribution in [-0.4, -0.2) is 22.3 Å². The van der Waals surface area contributed by atoms with Crippen LogP contribution >= 0.6 is 0 Å². The molecule has 0 saturated heterocycles. The lowest BCUT2D eigenvalue weighted by Crippen LogP contribution is -2.54. The molecule has 0 aliphatic heterocycles. The number of carboxylic acid groups (broad SMARTS) is 1. The SMILES string of the molecule is C/C(=C\CC[C@@H](C)[C@H]1C[C@H](C)[C@H]2[C@@H]3CC[C@H]4C(C)(C)[C@@H](O)CC[C@@]45C[C@@]35CC[C@@]21C)C(=O)O. The summed E-state index contributed by atoms with van der Waals surface area (Å²) < 4.78 is 0. The molecule has 2 spiro atoms. The largest absolute Gasteiger partial charge is 0.478 e. The van der Waals surface area contributed by atoms with E-state index < -0.39 is 5.97 Å². The molecule has 0 aromatic carbocycles. The van der Waals surface area contributed by atoms with Gasteiger partial charge in [0.25, 0.3) is 0 Å².